The first-order valence-electron chi connectivity index (χ1n) is 7.18. The molecule has 0 radical (unpaired) electrons. The van der Waals surface area contributed by atoms with Crippen molar-refractivity contribution in [2.24, 2.45) is 0 Å². The fourth-order valence-electron chi connectivity index (χ4n) is 2.04. The molecule has 1 atom stereocenters. The number of pyridine rings is 1. The number of rotatable bonds is 6. The third kappa shape index (κ3) is 3.92. The Morgan fingerprint density at radius 1 is 1.23 bits per heavy atom. The Kier molecular flexibility index (Phi) is 5.26. The number of aromatic nitrogens is 1. The molecule has 1 aromatic heterocycles. The molecule has 4 heteroatoms. The van der Waals surface area contributed by atoms with E-state index in [9.17, 15) is 10.1 Å². The maximum atomic E-state index is 12.1. The van der Waals surface area contributed by atoms with Crippen LogP contribution in [0.4, 0.5) is 0 Å². The summed E-state index contributed by atoms with van der Waals surface area (Å²) < 4.78 is 5.48. The standard InChI is InChI=1S/C18H18N2O2/c1-13(2)14-6-8-15(9-7-14)22-12-18(21)16(11-19)17-5-3-4-10-20-17/h3-10,13,16H,12H2,1-2H3. The molecule has 0 bridgehead atoms. The average Bonchev–Trinajstić information content (AvgIpc) is 2.55. The highest BCUT2D eigenvalue weighted by atomic mass is 16.5. The lowest BCUT2D eigenvalue weighted by molar-refractivity contribution is -0.121. The monoisotopic (exact) mass is 294 g/mol. The van der Waals surface area contributed by atoms with Crippen LogP contribution in [0.3, 0.4) is 0 Å². The molecule has 0 fully saturated rings. The predicted octanol–water partition coefficient (Wildman–Crippen LogP) is 3.46. The van der Waals surface area contributed by atoms with Gasteiger partial charge in [-0.2, -0.15) is 5.26 Å². The first kappa shape index (κ1) is 15.7. The largest absolute Gasteiger partial charge is 0.486 e. The smallest absolute Gasteiger partial charge is 0.193 e. The highest BCUT2D eigenvalue weighted by Gasteiger charge is 2.21. The van der Waals surface area contributed by atoms with Gasteiger partial charge in [0.2, 0.25) is 0 Å². The summed E-state index contributed by atoms with van der Waals surface area (Å²) in [6, 6.07) is 14.8. The molecular formula is C18H18N2O2. The van der Waals surface area contributed by atoms with Gasteiger partial charge in [0.05, 0.1) is 11.8 Å². The molecule has 0 aliphatic heterocycles. The van der Waals surface area contributed by atoms with E-state index in [2.05, 4.69) is 18.8 Å². The van der Waals surface area contributed by atoms with Crippen molar-refractivity contribution in [1.82, 2.24) is 4.98 Å². The number of hydrogen-bond donors (Lipinski definition) is 0. The molecule has 0 amide bonds. The van der Waals surface area contributed by atoms with Crippen molar-refractivity contribution in [2.75, 3.05) is 6.61 Å². The van der Waals surface area contributed by atoms with Crippen molar-refractivity contribution >= 4 is 5.78 Å². The minimum atomic E-state index is -0.892. The Morgan fingerprint density at radius 3 is 2.50 bits per heavy atom. The maximum absolute atomic E-state index is 12.1. The zero-order valence-electron chi connectivity index (χ0n) is 12.7. The molecule has 0 aliphatic rings. The second-order valence-electron chi connectivity index (χ2n) is 5.30. The Labute approximate surface area is 130 Å². The molecule has 0 N–H and O–H groups in total. The van der Waals surface area contributed by atoms with Crippen LogP contribution in [0, 0.1) is 11.3 Å². The van der Waals surface area contributed by atoms with Gasteiger partial charge in [0.15, 0.2) is 11.7 Å². The number of ether oxygens (including phenoxy) is 1. The summed E-state index contributed by atoms with van der Waals surface area (Å²) in [5, 5.41) is 9.18. The van der Waals surface area contributed by atoms with Crippen molar-refractivity contribution < 1.29 is 9.53 Å². The van der Waals surface area contributed by atoms with Crippen LogP contribution in [0.5, 0.6) is 5.75 Å². The second kappa shape index (κ2) is 7.37. The Hall–Kier alpha value is -2.67. The lowest BCUT2D eigenvalue weighted by Gasteiger charge is -2.10. The van der Waals surface area contributed by atoms with E-state index in [0.29, 0.717) is 17.4 Å². The van der Waals surface area contributed by atoms with Crippen molar-refractivity contribution in [3.63, 3.8) is 0 Å². The van der Waals surface area contributed by atoms with E-state index in [0.717, 1.165) is 0 Å². The van der Waals surface area contributed by atoms with E-state index in [1.807, 2.05) is 30.3 Å². The molecule has 0 aliphatic carbocycles. The van der Waals surface area contributed by atoms with Gasteiger partial charge in [0.1, 0.15) is 12.4 Å². The average molecular weight is 294 g/mol. The van der Waals surface area contributed by atoms with Crippen molar-refractivity contribution in [2.45, 2.75) is 25.7 Å². The first-order chi connectivity index (χ1) is 10.6. The summed E-state index contributed by atoms with van der Waals surface area (Å²) in [6.45, 7) is 4.09. The van der Waals surface area contributed by atoms with E-state index in [1.54, 1.807) is 24.4 Å². The first-order valence-corrected chi connectivity index (χ1v) is 7.18. The highest BCUT2D eigenvalue weighted by Crippen LogP contribution is 2.19. The SMILES string of the molecule is CC(C)c1ccc(OCC(=O)C(C#N)c2ccccn2)cc1. The fourth-order valence-corrected chi connectivity index (χ4v) is 2.04. The van der Waals surface area contributed by atoms with Gasteiger partial charge in [0, 0.05) is 6.20 Å². The molecule has 0 saturated heterocycles. The Balaban J connectivity index is 1.98. The fraction of sp³-hybridized carbons (Fsp3) is 0.278. The normalized spacial score (nSPS) is 11.7. The summed E-state index contributed by atoms with van der Waals surface area (Å²) in [5.74, 6) is -0.122. The molecule has 0 saturated carbocycles. The molecule has 4 nitrogen and oxygen atoms in total. The van der Waals surface area contributed by atoms with Crippen LogP contribution in [0.25, 0.3) is 0 Å². The summed E-state index contributed by atoms with van der Waals surface area (Å²) >= 11 is 0. The minimum Gasteiger partial charge on any atom is -0.486 e. The van der Waals surface area contributed by atoms with E-state index in [1.165, 1.54) is 5.56 Å². The maximum Gasteiger partial charge on any atom is 0.193 e. The number of nitrogens with zero attached hydrogens (tertiary/aromatic N) is 2. The van der Waals surface area contributed by atoms with Gasteiger partial charge in [0.25, 0.3) is 0 Å². The molecule has 2 aromatic rings. The number of carbonyl (C=O) groups is 1. The van der Waals surface area contributed by atoms with Gasteiger partial charge >= 0.3 is 0 Å². The van der Waals surface area contributed by atoms with Crippen LogP contribution >= 0.6 is 0 Å². The lowest BCUT2D eigenvalue weighted by Crippen LogP contribution is -2.19. The number of nitriles is 1. The van der Waals surface area contributed by atoms with Gasteiger partial charge in [-0.05, 0) is 35.7 Å². The van der Waals surface area contributed by atoms with Crippen molar-refractivity contribution in [3.8, 4) is 11.8 Å². The number of hydrogen-bond acceptors (Lipinski definition) is 4. The third-order valence-corrected chi connectivity index (χ3v) is 3.36. The molecule has 0 spiro atoms. The van der Waals surface area contributed by atoms with Gasteiger partial charge in [-0.25, -0.2) is 0 Å². The van der Waals surface area contributed by atoms with Crippen molar-refractivity contribution in [1.29, 1.82) is 5.26 Å². The Morgan fingerprint density at radius 2 is 1.95 bits per heavy atom. The van der Waals surface area contributed by atoms with Gasteiger partial charge in [-0.15, -0.1) is 0 Å². The number of benzene rings is 1. The zero-order chi connectivity index (χ0) is 15.9. The molecule has 22 heavy (non-hydrogen) atoms. The second-order valence-corrected chi connectivity index (χ2v) is 5.30. The van der Waals surface area contributed by atoms with Gasteiger partial charge < -0.3 is 4.74 Å². The van der Waals surface area contributed by atoms with Gasteiger partial charge in [-0.3, -0.25) is 9.78 Å². The van der Waals surface area contributed by atoms with Crippen molar-refractivity contribution in [3.05, 3.63) is 59.9 Å². The summed E-state index contributed by atoms with van der Waals surface area (Å²) in [6.07, 6.45) is 1.57. The molecule has 112 valence electrons. The van der Waals surface area contributed by atoms with Crippen LogP contribution < -0.4 is 4.74 Å². The minimum absolute atomic E-state index is 0.143. The highest BCUT2D eigenvalue weighted by molar-refractivity contribution is 5.89. The van der Waals surface area contributed by atoms with E-state index >= 15 is 0 Å². The van der Waals surface area contributed by atoms with E-state index in [-0.39, 0.29) is 12.4 Å². The topological polar surface area (TPSA) is 63.0 Å². The molecule has 1 unspecified atom stereocenters. The van der Waals surface area contributed by atoms with Crippen LogP contribution in [0.2, 0.25) is 0 Å². The summed E-state index contributed by atoms with van der Waals surface area (Å²) in [7, 11) is 0. The van der Waals surface area contributed by atoms with Crippen LogP contribution in [0.15, 0.2) is 48.7 Å². The number of carbonyl (C=O) groups excluding carboxylic acids is 1. The summed E-state index contributed by atoms with van der Waals surface area (Å²) in [5.41, 5.74) is 1.66. The number of Topliss-reactive ketones (excluding diaryl/α,β-unsaturated/α-hetero) is 1. The predicted molar refractivity (Wildman–Crippen MR) is 83.6 cm³/mol. The van der Waals surface area contributed by atoms with Crippen LogP contribution in [-0.4, -0.2) is 17.4 Å². The molecular weight excluding hydrogens is 276 g/mol. The van der Waals surface area contributed by atoms with Crippen LogP contribution in [-0.2, 0) is 4.79 Å². The summed E-state index contributed by atoms with van der Waals surface area (Å²) in [4.78, 5) is 16.2. The molecule has 2 rings (SSSR count). The molecule has 1 aromatic carbocycles. The van der Waals surface area contributed by atoms with Crippen LogP contribution in [0.1, 0.15) is 36.9 Å². The Bertz CT molecular complexity index is 658. The third-order valence-electron chi connectivity index (χ3n) is 3.36. The quantitative estimate of drug-likeness (QED) is 0.818. The van der Waals surface area contributed by atoms with E-state index < -0.39 is 5.92 Å². The zero-order valence-corrected chi connectivity index (χ0v) is 12.7. The van der Waals surface area contributed by atoms with Gasteiger partial charge in [-0.1, -0.05) is 32.0 Å². The van der Waals surface area contributed by atoms with E-state index in [4.69, 9.17) is 4.74 Å². The number of ketones is 1. The lowest BCUT2D eigenvalue weighted by atomic mass is 10.0. The molecule has 1 heterocycles.